The minimum atomic E-state index is 0.556. The lowest BCUT2D eigenvalue weighted by atomic mass is 10.1. The lowest BCUT2D eigenvalue weighted by molar-refractivity contribution is 0.305. The smallest absolute Gasteiger partial charge is 0.140 e. The van der Waals surface area contributed by atoms with Crippen LogP contribution in [0.25, 0.3) is 0 Å². The third-order valence-corrected chi connectivity index (χ3v) is 3.08. The Bertz CT molecular complexity index is 437. The molecular formula is C12H13NOS. The molecule has 0 atom stereocenters. The highest BCUT2D eigenvalue weighted by Gasteiger charge is 1.99. The molecule has 0 radical (unpaired) electrons. The fourth-order valence-electron chi connectivity index (χ4n) is 1.27. The van der Waals surface area contributed by atoms with Gasteiger partial charge in [-0.25, -0.2) is 4.98 Å². The summed E-state index contributed by atoms with van der Waals surface area (Å²) < 4.78 is 5.63. The summed E-state index contributed by atoms with van der Waals surface area (Å²) in [6.07, 6.45) is 1.80. The Labute approximate surface area is 93.6 Å². The molecule has 0 N–H and O–H groups in total. The highest BCUT2D eigenvalue weighted by molar-refractivity contribution is 7.09. The molecule has 0 bridgehead atoms. The molecule has 0 aliphatic rings. The maximum Gasteiger partial charge on any atom is 0.140 e. The van der Waals surface area contributed by atoms with Gasteiger partial charge in [-0.15, -0.1) is 11.3 Å². The third-order valence-electron chi connectivity index (χ3n) is 2.32. The molecule has 1 aromatic heterocycles. The van der Waals surface area contributed by atoms with Crippen molar-refractivity contribution in [3.05, 3.63) is 45.9 Å². The topological polar surface area (TPSA) is 22.1 Å². The van der Waals surface area contributed by atoms with Crippen LogP contribution in [-0.4, -0.2) is 4.98 Å². The molecule has 15 heavy (non-hydrogen) atoms. The SMILES string of the molecule is Cc1ccc(OCc2nccs2)cc1C. The third kappa shape index (κ3) is 2.57. The van der Waals surface area contributed by atoms with Crippen molar-refractivity contribution in [2.45, 2.75) is 20.5 Å². The Kier molecular flexibility index (Phi) is 3.02. The van der Waals surface area contributed by atoms with E-state index in [9.17, 15) is 0 Å². The minimum absolute atomic E-state index is 0.556. The number of rotatable bonds is 3. The van der Waals surface area contributed by atoms with Gasteiger partial charge in [-0.2, -0.15) is 0 Å². The highest BCUT2D eigenvalue weighted by atomic mass is 32.1. The number of benzene rings is 1. The Morgan fingerprint density at radius 1 is 1.27 bits per heavy atom. The number of aryl methyl sites for hydroxylation is 2. The normalized spacial score (nSPS) is 10.3. The van der Waals surface area contributed by atoms with Crippen LogP contribution in [0.1, 0.15) is 16.1 Å². The van der Waals surface area contributed by atoms with E-state index in [1.165, 1.54) is 11.1 Å². The molecule has 0 amide bonds. The number of hydrogen-bond donors (Lipinski definition) is 0. The molecule has 2 aromatic rings. The molecule has 0 saturated carbocycles. The van der Waals surface area contributed by atoms with Crippen molar-refractivity contribution < 1.29 is 4.74 Å². The number of ether oxygens (including phenoxy) is 1. The minimum Gasteiger partial charge on any atom is -0.486 e. The van der Waals surface area contributed by atoms with E-state index < -0.39 is 0 Å². The first-order valence-corrected chi connectivity index (χ1v) is 5.72. The Balaban J connectivity index is 2.02. The van der Waals surface area contributed by atoms with Crippen LogP contribution in [0.3, 0.4) is 0 Å². The lowest BCUT2D eigenvalue weighted by Gasteiger charge is -2.06. The summed E-state index contributed by atoms with van der Waals surface area (Å²) in [5.74, 6) is 0.910. The first-order chi connectivity index (χ1) is 7.25. The van der Waals surface area contributed by atoms with Gasteiger partial charge in [-0.3, -0.25) is 0 Å². The molecule has 2 nitrogen and oxygen atoms in total. The van der Waals surface area contributed by atoms with Crippen LogP contribution in [0.5, 0.6) is 5.75 Å². The van der Waals surface area contributed by atoms with E-state index in [1.54, 1.807) is 17.5 Å². The number of nitrogens with zero attached hydrogens (tertiary/aromatic N) is 1. The zero-order chi connectivity index (χ0) is 10.7. The van der Waals surface area contributed by atoms with E-state index >= 15 is 0 Å². The number of thiazole rings is 1. The molecule has 3 heteroatoms. The molecule has 0 saturated heterocycles. The van der Waals surface area contributed by atoms with Crippen molar-refractivity contribution >= 4 is 11.3 Å². The molecular weight excluding hydrogens is 206 g/mol. The van der Waals surface area contributed by atoms with Crippen molar-refractivity contribution in [1.29, 1.82) is 0 Å². The molecule has 0 spiro atoms. The van der Waals surface area contributed by atoms with Gasteiger partial charge in [0, 0.05) is 11.6 Å². The van der Waals surface area contributed by atoms with E-state index in [0.29, 0.717) is 6.61 Å². The molecule has 0 aliphatic carbocycles. The molecule has 0 aliphatic heterocycles. The van der Waals surface area contributed by atoms with E-state index in [-0.39, 0.29) is 0 Å². The largest absolute Gasteiger partial charge is 0.486 e. The second-order valence-corrected chi connectivity index (χ2v) is 4.44. The van der Waals surface area contributed by atoms with Crippen LogP contribution in [0.4, 0.5) is 0 Å². The Morgan fingerprint density at radius 3 is 2.80 bits per heavy atom. The number of aromatic nitrogens is 1. The number of hydrogen-bond acceptors (Lipinski definition) is 3. The van der Waals surface area contributed by atoms with Crippen LogP contribution in [0.15, 0.2) is 29.8 Å². The highest BCUT2D eigenvalue weighted by Crippen LogP contribution is 2.18. The van der Waals surface area contributed by atoms with Crippen LogP contribution in [0.2, 0.25) is 0 Å². The summed E-state index contributed by atoms with van der Waals surface area (Å²) in [7, 11) is 0. The second-order valence-electron chi connectivity index (χ2n) is 3.46. The van der Waals surface area contributed by atoms with Gasteiger partial charge in [0.25, 0.3) is 0 Å². The van der Waals surface area contributed by atoms with Gasteiger partial charge in [0.15, 0.2) is 0 Å². The summed E-state index contributed by atoms with van der Waals surface area (Å²) in [6, 6.07) is 6.13. The van der Waals surface area contributed by atoms with Gasteiger partial charge in [-0.05, 0) is 37.1 Å². The maximum atomic E-state index is 5.63. The quantitative estimate of drug-likeness (QED) is 0.790. The van der Waals surface area contributed by atoms with Gasteiger partial charge in [0.2, 0.25) is 0 Å². The summed E-state index contributed by atoms with van der Waals surface area (Å²) in [5.41, 5.74) is 2.54. The molecule has 1 aromatic carbocycles. The van der Waals surface area contributed by atoms with Gasteiger partial charge in [-0.1, -0.05) is 6.07 Å². The van der Waals surface area contributed by atoms with Crippen LogP contribution < -0.4 is 4.74 Å². The van der Waals surface area contributed by atoms with Gasteiger partial charge >= 0.3 is 0 Å². The van der Waals surface area contributed by atoms with Gasteiger partial charge < -0.3 is 4.74 Å². The Morgan fingerprint density at radius 2 is 2.13 bits per heavy atom. The summed E-state index contributed by atoms with van der Waals surface area (Å²) in [6.45, 7) is 4.74. The average Bonchev–Trinajstić information content (AvgIpc) is 2.73. The summed E-state index contributed by atoms with van der Waals surface area (Å²) >= 11 is 1.61. The predicted octanol–water partition coefficient (Wildman–Crippen LogP) is 3.34. The molecule has 0 unspecified atom stereocenters. The maximum absolute atomic E-state index is 5.63. The molecule has 2 rings (SSSR count). The van der Waals surface area contributed by atoms with E-state index in [1.807, 2.05) is 11.4 Å². The summed E-state index contributed by atoms with van der Waals surface area (Å²) in [4.78, 5) is 4.16. The molecule has 0 fully saturated rings. The molecule has 78 valence electrons. The fourth-order valence-corrected chi connectivity index (χ4v) is 1.80. The fraction of sp³-hybridized carbons (Fsp3) is 0.250. The van der Waals surface area contributed by atoms with Crippen molar-refractivity contribution in [1.82, 2.24) is 4.98 Å². The summed E-state index contributed by atoms with van der Waals surface area (Å²) in [5, 5.41) is 2.97. The van der Waals surface area contributed by atoms with Crippen molar-refractivity contribution in [2.24, 2.45) is 0 Å². The van der Waals surface area contributed by atoms with Crippen LogP contribution in [-0.2, 0) is 6.61 Å². The first-order valence-electron chi connectivity index (χ1n) is 4.84. The van der Waals surface area contributed by atoms with Crippen LogP contribution in [0, 0.1) is 13.8 Å². The average molecular weight is 219 g/mol. The standard InChI is InChI=1S/C12H13NOS/c1-9-3-4-11(7-10(9)2)14-8-12-13-5-6-15-12/h3-7H,8H2,1-2H3. The van der Waals surface area contributed by atoms with Crippen molar-refractivity contribution in [2.75, 3.05) is 0 Å². The zero-order valence-electron chi connectivity index (χ0n) is 8.86. The van der Waals surface area contributed by atoms with Gasteiger partial charge in [0.05, 0.1) is 0 Å². The monoisotopic (exact) mass is 219 g/mol. The van der Waals surface area contributed by atoms with E-state index in [2.05, 4.69) is 31.0 Å². The second kappa shape index (κ2) is 4.45. The van der Waals surface area contributed by atoms with E-state index in [0.717, 1.165) is 10.8 Å². The Hall–Kier alpha value is -1.35. The van der Waals surface area contributed by atoms with E-state index in [4.69, 9.17) is 4.74 Å². The predicted molar refractivity (Wildman–Crippen MR) is 62.4 cm³/mol. The molecule has 1 heterocycles. The van der Waals surface area contributed by atoms with Crippen molar-refractivity contribution in [3.63, 3.8) is 0 Å². The van der Waals surface area contributed by atoms with Crippen molar-refractivity contribution in [3.8, 4) is 5.75 Å². The zero-order valence-corrected chi connectivity index (χ0v) is 9.67. The first kappa shape index (κ1) is 10.2. The van der Waals surface area contributed by atoms with Crippen LogP contribution >= 0.6 is 11.3 Å². The van der Waals surface area contributed by atoms with Gasteiger partial charge in [0.1, 0.15) is 17.4 Å². The lowest BCUT2D eigenvalue weighted by Crippen LogP contribution is -1.95.